The van der Waals surface area contributed by atoms with Crippen molar-refractivity contribution in [2.75, 3.05) is 10.6 Å². The Morgan fingerprint density at radius 2 is 2.07 bits per heavy atom. The first-order valence-corrected chi connectivity index (χ1v) is 10.3. The van der Waals surface area contributed by atoms with Crippen LogP contribution in [0.15, 0.2) is 54.0 Å². The van der Waals surface area contributed by atoms with Crippen molar-refractivity contribution in [1.82, 2.24) is 9.97 Å². The molecule has 0 saturated heterocycles. The van der Waals surface area contributed by atoms with E-state index in [0.717, 1.165) is 45.4 Å². The third kappa shape index (κ3) is 3.52. The topological polar surface area (TPSA) is 86.9 Å². The first-order valence-electron chi connectivity index (χ1n) is 9.39. The highest BCUT2D eigenvalue weighted by Gasteiger charge is 2.16. The molecule has 2 aromatic carbocycles. The molecule has 144 valence electrons. The maximum absolute atomic E-state index is 12.5. The SMILES string of the molecule is O=C(Cc1c[nH]c2ccccc12)Nc1nc(-c2ccc3c(c2)CCC(=O)N3)cs1. The van der Waals surface area contributed by atoms with Crippen LogP contribution in [0, 0.1) is 0 Å². The van der Waals surface area contributed by atoms with Gasteiger partial charge in [0.1, 0.15) is 0 Å². The Morgan fingerprint density at radius 1 is 1.17 bits per heavy atom. The second-order valence-corrected chi connectivity index (χ2v) is 7.90. The zero-order valence-electron chi connectivity index (χ0n) is 15.5. The number of para-hydroxylation sites is 1. The maximum atomic E-state index is 12.5. The summed E-state index contributed by atoms with van der Waals surface area (Å²) < 4.78 is 0. The molecule has 2 aromatic heterocycles. The van der Waals surface area contributed by atoms with Crippen molar-refractivity contribution < 1.29 is 9.59 Å². The molecule has 2 amide bonds. The zero-order valence-corrected chi connectivity index (χ0v) is 16.3. The predicted molar refractivity (Wildman–Crippen MR) is 115 cm³/mol. The van der Waals surface area contributed by atoms with Crippen molar-refractivity contribution in [2.24, 2.45) is 0 Å². The van der Waals surface area contributed by atoms with Gasteiger partial charge in [0.05, 0.1) is 12.1 Å². The Morgan fingerprint density at radius 3 is 3.00 bits per heavy atom. The van der Waals surface area contributed by atoms with Crippen LogP contribution in [0.2, 0.25) is 0 Å². The monoisotopic (exact) mass is 402 g/mol. The van der Waals surface area contributed by atoms with E-state index in [9.17, 15) is 9.59 Å². The number of carbonyl (C=O) groups is 2. The first-order chi connectivity index (χ1) is 14.2. The standard InChI is InChI=1S/C22H18N4O2S/c27-20-8-6-13-9-14(5-7-17(13)24-20)19-12-29-22(25-19)26-21(28)10-15-11-23-18-4-2-1-3-16(15)18/h1-5,7,9,11-12,23H,6,8,10H2,(H,24,27)(H,25,26,28). The van der Waals surface area contributed by atoms with Crippen molar-refractivity contribution in [3.63, 3.8) is 0 Å². The summed E-state index contributed by atoms with van der Waals surface area (Å²) in [5, 5.41) is 9.36. The molecule has 6 nitrogen and oxygen atoms in total. The van der Waals surface area contributed by atoms with E-state index in [1.165, 1.54) is 11.3 Å². The lowest BCUT2D eigenvalue weighted by Gasteiger charge is -2.17. The highest BCUT2D eigenvalue weighted by atomic mass is 32.1. The molecule has 29 heavy (non-hydrogen) atoms. The van der Waals surface area contributed by atoms with E-state index in [4.69, 9.17) is 0 Å². The fourth-order valence-electron chi connectivity index (χ4n) is 3.62. The van der Waals surface area contributed by atoms with Gasteiger partial charge in [0.2, 0.25) is 11.8 Å². The fraction of sp³-hybridized carbons (Fsp3) is 0.136. The number of thiazole rings is 1. The number of aromatic nitrogens is 2. The van der Waals surface area contributed by atoms with E-state index in [-0.39, 0.29) is 18.2 Å². The molecule has 0 spiro atoms. The lowest BCUT2D eigenvalue weighted by atomic mass is 9.99. The molecule has 0 fully saturated rings. The summed E-state index contributed by atoms with van der Waals surface area (Å²) in [5.41, 5.74) is 5.76. The Labute approximate surface area is 171 Å². The van der Waals surface area contributed by atoms with Crippen molar-refractivity contribution >= 4 is 44.9 Å². The average molecular weight is 402 g/mol. The van der Waals surface area contributed by atoms with Crippen molar-refractivity contribution in [3.05, 3.63) is 65.2 Å². The molecule has 3 heterocycles. The predicted octanol–water partition coefficient (Wildman–Crippen LogP) is 4.36. The Hall–Kier alpha value is -3.45. The van der Waals surface area contributed by atoms with Gasteiger partial charge in [-0.2, -0.15) is 0 Å². The Kier molecular flexibility index (Phi) is 4.37. The highest BCUT2D eigenvalue weighted by Crippen LogP contribution is 2.30. The molecule has 1 aliphatic rings. The first kappa shape index (κ1) is 17.6. The van der Waals surface area contributed by atoms with Crippen LogP contribution in [0.25, 0.3) is 22.2 Å². The minimum atomic E-state index is -0.0937. The molecule has 0 unspecified atom stereocenters. The van der Waals surface area contributed by atoms with Gasteiger partial charge in [-0.25, -0.2) is 4.98 Å². The van der Waals surface area contributed by atoms with E-state index < -0.39 is 0 Å². The molecular formula is C22H18N4O2S. The lowest BCUT2D eigenvalue weighted by Crippen LogP contribution is -2.18. The van der Waals surface area contributed by atoms with Gasteiger partial charge in [-0.15, -0.1) is 11.3 Å². The van der Waals surface area contributed by atoms with Crippen LogP contribution in [-0.4, -0.2) is 21.8 Å². The van der Waals surface area contributed by atoms with Gasteiger partial charge in [-0.3, -0.25) is 9.59 Å². The Bertz CT molecular complexity index is 1240. The molecule has 7 heteroatoms. The molecule has 3 N–H and O–H groups in total. The van der Waals surface area contributed by atoms with Gasteiger partial charge < -0.3 is 15.6 Å². The van der Waals surface area contributed by atoms with E-state index in [1.807, 2.05) is 48.0 Å². The molecular weight excluding hydrogens is 384 g/mol. The maximum Gasteiger partial charge on any atom is 0.230 e. The number of H-pyrrole nitrogens is 1. The average Bonchev–Trinajstić information content (AvgIpc) is 3.35. The van der Waals surface area contributed by atoms with E-state index in [0.29, 0.717) is 11.6 Å². The summed E-state index contributed by atoms with van der Waals surface area (Å²) in [4.78, 5) is 31.8. The quantitative estimate of drug-likeness (QED) is 0.474. The van der Waals surface area contributed by atoms with E-state index in [2.05, 4.69) is 26.7 Å². The van der Waals surface area contributed by atoms with Crippen LogP contribution in [0.3, 0.4) is 0 Å². The molecule has 0 radical (unpaired) electrons. The summed E-state index contributed by atoms with van der Waals surface area (Å²) in [7, 11) is 0. The van der Waals surface area contributed by atoms with Crippen LogP contribution in [0.5, 0.6) is 0 Å². The summed E-state index contributed by atoms with van der Waals surface area (Å²) in [6.07, 6.45) is 3.40. The number of aryl methyl sites for hydroxylation is 1. The van der Waals surface area contributed by atoms with Gasteiger partial charge in [0.25, 0.3) is 0 Å². The number of benzene rings is 2. The van der Waals surface area contributed by atoms with Crippen molar-refractivity contribution in [3.8, 4) is 11.3 Å². The summed E-state index contributed by atoms with van der Waals surface area (Å²) in [6, 6.07) is 13.8. The number of nitrogens with one attached hydrogen (secondary N) is 3. The fourth-order valence-corrected chi connectivity index (χ4v) is 4.36. The van der Waals surface area contributed by atoms with Gasteiger partial charge in [-0.1, -0.05) is 24.3 Å². The third-order valence-electron chi connectivity index (χ3n) is 5.07. The molecule has 0 aliphatic carbocycles. The lowest BCUT2D eigenvalue weighted by molar-refractivity contribution is -0.116. The van der Waals surface area contributed by atoms with Crippen LogP contribution in [-0.2, 0) is 22.4 Å². The van der Waals surface area contributed by atoms with Crippen molar-refractivity contribution in [1.29, 1.82) is 0 Å². The number of hydrogen-bond acceptors (Lipinski definition) is 4. The highest BCUT2D eigenvalue weighted by molar-refractivity contribution is 7.14. The molecule has 0 atom stereocenters. The summed E-state index contributed by atoms with van der Waals surface area (Å²) in [5.74, 6) is -0.0390. The number of hydrogen-bond donors (Lipinski definition) is 3. The number of aromatic amines is 1. The number of nitrogens with zero attached hydrogens (tertiary/aromatic N) is 1. The number of amides is 2. The third-order valence-corrected chi connectivity index (χ3v) is 5.83. The smallest absolute Gasteiger partial charge is 0.230 e. The number of fused-ring (bicyclic) bond motifs is 2. The van der Waals surface area contributed by atoms with Crippen LogP contribution in [0.4, 0.5) is 10.8 Å². The summed E-state index contributed by atoms with van der Waals surface area (Å²) >= 11 is 1.41. The summed E-state index contributed by atoms with van der Waals surface area (Å²) in [6.45, 7) is 0. The van der Waals surface area contributed by atoms with E-state index in [1.54, 1.807) is 0 Å². The molecule has 4 aromatic rings. The molecule has 0 bridgehead atoms. The van der Waals surface area contributed by atoms with E-state index >= 15 is 0 Å². The van der Waals surface area contributed by atoms with Crippen molar-refractivity contribution in [2.45, 2.75) is 19.3 Å². The normalized spacial score (nSPS) is 13.2. The van der Waals surface area contributed by atoms with Crippen LogP contribution >= 0.6 is 11.3 Å². The minimum Gasteiger partial charge on any atom is -0.361 e. The second kappa shape index (κ2) is 7.18. The number of rotatable bonds is 4. The van der Waals surface area contributed by atoms with Gasteiger partial charge in [0, 0.05) is 40.2 Å². The van der Waals surface area contributed by atoms with Gasteiger partial charge in [-0.05, 0) is 35.7 Å². The minimum absolute atomic E-state index is 0.0547. The van der Waals surface area contributed by atoms with Gasteiger partial charge in [0.15, 0.2) is 5.13 Å². The van der Waals surface area contributed by atoms with Crippen LogP contribution in [0.1, 0.15) is 17.5 Å². The molecule has 0 saturated carbocycles. The molecule has 5 rings (SSSR count). The Balaban J connectivity index is 1.30. The number of carbonyl (C=O) groups excluding carboxylic acids is 2. The van der Waals surface area contributed by atoms with Gasteiger partial charge >= 0.3 is 0 Å². The van der Waals surface area contributed by atoms with Crippen LogP contribution < -0.4 is 10.6 Å². The second-order valence-electron chi connectivity index (χ2n) is 7.04. The largest absolute Gasteiger partial charge is 0.361 e. The number of anilines is 2. The zero-order chi connectivity index (χ0) is 19.8. The molecule has 1 aliphatic heterocycles.